The summed E-state index contributed by atoms with van der Waals surface area (Å²) in [6, 6.07) is 22.9. The fourth-order valence-electron chi connectivity index (χ4n) is 3.88. The first-order chi connectivity index (χ1) is 17.9. The fourth-order valence-corrected chi connectivity index (χ4v) is 3.88. The van der Waals surface area contributed by atoms with Gasteiger partial charge in [0, 0.05) is 53.4 Å². The van der Waals surface area contributed by atoms with Crippen LogP contribution in [0.1, 0.15) is 10.4 Å². The summed E-state index contributed by atoms with van der Waals surface area (Å²) < 4.78 is 5.41. The van der Waals surface area contributed by atoms with E-state index in [1.54, 1.807) is 68.8 Å². The van der Waals surface area contributed by atoms with Gasteiger partial charge in [0.2, 0.25) is 0 Å². The Kier molecular flexibility index (Phi) is 6.25. The normalized spacial score (nSPS) is 10.8. The molecule has 0 spiro atoms. The van der Waals surface area contributed by atoms with E-state index in [0.717, 1.165) is 5.69 Å². The molecule has 0 fully saturated rings. The molecule has 5 aromatic rings. The van der Waals surface area contributed by atoms with Crippen molar-refractivity contribution in [2.75, 3.05) is 24.7 Å². The number of pyridine rings is 2. The highest BCUT2D eigenvalue weighted by molar-refractivity contribution is 6.11. The molecule has 37 heavy (non-hydrogen) atoms. The number of anilines is 3. The van der Waals surface area contributed by atoms with Crippen molar-refractivity contribution in [2.24, 2.45) is 0 Å². The number of nitrogens with one attached hydrogen (secondary N) is 3. The van der Waals surface area contributed by atoms with E-state index in [0.29, 0.717) is 44.5 Å². The molecule has 0 bridgehead atoms. The SMILES string of the molecule is CN(C)C(=O)Oc1ccc2c(=O)[nH]c3nccc(Nc4ccc(NC(=O)c5ccccc5)cc4)c3c2c1. The van der Waals surface area contributed by atoms with E-state index in [-0.39, 0.29) is 11.5 Å². The molecule has 2 aromatic heterocycles. The van der Waals surface area contributed by atoms with Gasteiger partial charge in [-0.25, -0.2) is 9.78 Å². The largest absolute Gasteiger partial charge is 0.414 e. The van der Waals surface area contributed by atoms with Gasteiger partial charge in [0.05, 0.1) is 5.69 Å². The summed E-state index contributed by atoms with van der Waals surface area (Å²) >= 11 is 0. The van der Waals surface area contributed by atoms with Crippen molar-refractivity contribution < 1.29 is 14.3 Å². The third-order valence-corrected chi connectivity index (χ3v) is 5.72. The van der Waals surface area contributed by atoms with Gasteiger partial charge in [0.1, 0.15) is 11.4 Å². The van der Waals surface area contributed by atoms with Crippen LogP contribution in [0.25, 0.3) is 21.8 Å². The molecular formula is C28H23N5O4. The summed E-state index contributed by atoms with van der Waals surface area (Å²) in [5.41, 5.74) is 2.79. The molecule has 0 unspecified atom stereocenters. The molecule has 0 aliphatic heterocycles. The number of hydrogen-bond acceptors (Lipinski definition) is 6. The molecule has 0 aliphatic carbocycles. The zero-order valence-corrected chi connectivity index (χ0v) is 20.1. The monoisotopic (exact) mass is 493 g/mol. The average molecular weight is 494 g/mol. The first-order valence-electron chi connectivity index (χ1n) is 11.5. The molecule has 184 valence electrons. The summed E-state index contributed by atoms with van der Waals surface area (Å²) in [7, 11) is 3.18. The standard InChI is InChI=1S/C28H23N5O4/c1-33(2)28(36)37-20-12-13-21-22(16-20)24-23(14-15-29-25(24)32-27(21)35)30-18-8-10-19(11-9-18)31-26(34)17-6-4-3-5-7-17/h3-16H,1-2H3,(H,31,34)(H2,29,30,32,35). The summed E-state index contributed by atoms with van der Waals surface area (Å²) in [6.07, 6.45) is 1.07. The number of aromatic nitrogens is 2. The minimum absolute atomic E-state index is 0.192. The molecule has 2 heterocycles. The van der Waals surface area contributed by atoms with Crippen LogP contribution in [0.2, 0.25) is 0 Å². The van der Waals surface area contributed by atoms with Crippen LogP contribution >= 0.6 is 0 Å². The van der Waals surface area contributed by atoms with E-state index in [9.17, 15) is 14.4 Å². The number of H-pyrrole nitrogens is 1. The number of carbonyl (C=O) groups excluding carboxylic acids is 2. The number of nitrogens with zero attached hydrogens (tertiary/aromatic N) is 2. The molecule has 3 N–H and O–H groups in total. The smallest absolute Gasteiger partial charge is 0.410 e. The first kappa shape index (κ1) is 23.6. The lowest BCUT2D eigenvalue weighted by molar-refractivity contribution is 0.102. The molecule has 2 amide bonds. The number of rotatable bonds is 5. The lowest BCUT2D eigenvalue weighted by Crippen LogP contribution is -2.25. The highest BCUT2D eigenvalue weighted by Gasteiger charge is 2.14. The van der Waals surface area contributed by atoms with Gasteiger partial charge in [-0.2, -0.15) is 0 Å². The minimum atomic E-state index is -0.524. The summed E-state index contributed by atoms with van der Waals surface area (Å²) in [6.45, 7) is 0. The maximum absolute atomic E-state index is 12.7. The van der Waals surface area contributed by atoms with Crippen molar-refractivity contribution >= 4 is 50.9 Å². The van der Waals surface area contributed by atoms with Crippen LogP contribution in [-0.4, -0.2) is 41.0 Å². The minimum Gasteiger partial charge on any atom is -0.410 e. The zero-order valence-electron chi connectivity index (χ0n) is 20.1. The number of benzene rings is 3. The second-order valence-corrected chi connectivity index (χ2v) is 8.53. The Morgan fingerprint density at radius 2 is 1.62 bits per heavy atom. The Morgan fingerprint density at radius 3 is 2.35 bits per heavy atom. The molecule has 0 aliphatic rings. The van der Waals surface area contributed by atoms with Crippen LogP contribution in [0, 0.1) is 0 Å². The number of hydrogen-bond donors (Lipinski definition) is 3. The maximum atomic E-state index is 12.7. The molecular weight excluding hydrogens is 470 g/mol. The van der Waals surface area contributed by atoms with E-state index < -0.39 is 6.09 Å². The van der Waals surface area contributed by atoms with Crippen molar-refractivity contribution in [3.8, 4) is 5.75 Å². The lowest BCUT2D eigenvalue weighted by Gasteiger charge is -2.14. The van der Waals surface area contributed by atoms with Gasteiger partial charge in [-0.05, 0) is 60.7 Å². The molecule has 0 radical (unpaired) electrons. The van der Waals surface area contributed by atoms with Crippen LogP contribution in [-0.2, 0) is 0 Å². The average Bonchev–Trinajstić information content (AvgIpc) is 2.90. The highest BCUT2D eigenvalue weighted by atomic mass is 16.6. The van der Waals surface area contributed by atoms with Crippen molar-refractivity contribution in [2.45, 2.75) is 0 Å². The first-order valence-corrected chi connectivity index (χ1v) is 11.5. The van der Waals surface area contributed by atoms with Crippen molar-refractivity contribution in [3.63, 3.8) is 0 Å². The summed E-state index contributed by atoms with van der Waals surface area (Å²) in [5, 5.41) is 7.93. The lowest BCUT2D eigenvalue weighted by atomic mass is 10.1. The molecule has 0 atom stereocenters. The van der Waals surface area contributed by atoms with Crippen molar-refractivity contribution in [1.29, 1.82) is 0 Å². The highest BCUT2D eigenvalue weighted by Crippen LogP contribution is 2.32. The molecule has 9 nitrogen and oxygen atoms in total. The Labute approximate surface area is 211 Å². The van der Waals surface area contributed by atoms with Gasteiger partial charge < -0.3 is 25.3 Å². The second-order valence-electron chi connectivity index (χ2n) is 8.53. The Balaban J connectivity index is 1.47. The predicted octanol–water partition coefficient (Wildman–Crippen LogP) is 5.13. The molecule has 3 aromatic carbocycles. The van der Waals surface area contributed by atoms with Gasteiger partial charge >= 0.3 is 6.09 Å². The molecule has 0 saturated carbocycles. The van der Waals surface area contributed by atoms with E-state index in [4.69, 9.17) is 4.74 Å². The number of carbonyl (C=O) groups is 2. The van der Waals surface area contributed by atoms with Gasteiger partial charge in [-0.3, -0.25) is 9.59 Å². The van der Waals surface area contributed by atoms with Crippen molar-refractivity contribution in [3.05, 3.63) is 101 Å². The third kappa shape index (κ3) is 4.96. The zero-order chi connectivity index (χ0) is 25.9. The van der Waals surface area contributed by atoms with Gasteiger partial charge in [0.15, 0.2) is 0 Å². The molecule has 5 rings (SSSR count). The number of ether oxygens (including phenoxy) is 1. The summed E-state index contributed by atoms with van der Waals surface area (Å²) in [4.78, 5) is 45.6. The fraction of sp³-hybridized carbons (Fsp3) is 0.0714. The van der Waals surface area contributed by atoms with Crippen LogP contribution in [0.4, 0.5) is 21.9 Å². The third-order valence-electron chi connectivity index (χ3n) is 5.72. The van der Waals surface area contributed by atoms with Crippen LogP contribution in [0.5, 0.6) is 5.75 Å². The van der Waals surface area contributed by atoms with Crippen LogP contribution in [0.15, 0.2) is 89.9 Å². The second kappa shape index (κ2) is 9.82. The van der Waals surface area contributed by atoms with E-state index in [1.165, 1.54) is 4.90 Å². The van der Waals surface area contributed by atoms with Crippen LogP contribution < -0.4 is 20.9 Å². The number of aromatic amines is 1. The maximum Gasteiger partial charge on any atom is 0.414 e. The summed E-state index contributed by atoms with van der Waals surface area (Å²) in [5.74, 6) is 0.119. The Morgan fingerprint density at radius 1 is 0.892 bits per heavy atom. The van der Waals surface area contributed by atoms with Gasteiger partial charge in [-0.1, -0.05) is 18.2 Å². The quantitative estimate of drug-likeness (QED) is 0.292. The predicted molar refractivity (Wildman–Crippen MR) is 144 cm³/mol. The van der Waals surface area contributed by atoms with Crippen LogP contribution in [0.3, 0.4) is 0 Å². The number of fused-ring (bicyclic) bond motifs is 3. The number of amides is 2. The van der Waals surface area contributed by atoms with Gasteiger partial charge in [-0.15, -0.1) is 0 Å². The topological polar surface area (TPSA) is 116 Å². The molecule has 9 heteroatoms. The van der Waals surface area contributed by atoms with Gasteiger partial charge in [0.25, 0.3) is 11.5 Å². The van der Waals surface area contributed by atoms with E-state index >= 15 is 0 Å². The van der Waals surface area contributed by atoms with E-state index in [2.05, 4.69) is 20.6 Å². The Bertz CT molecular complexity index is 1680. The van der Waals surface area contributed by atoms with Crippen molar-refractivity contribution in [1.82, 2.24) is 14.9 Å². The molecule has 0 saturated heterocycles. The van der Waals surface area contributed by atoms with E-state index in [1.807, 2.05) is 30.3 Å². The Hall–Kier alpha value is -5.18.